The molecule has 3 heterocycles. The molecule has 2 aliphatic rings. The molecule has 1 saturated heterocycles. The van der Waals surface area contributed by atoms with Gasteiger partial charge in [0.15, 0.2) is 0 Å². The number of rotatable bonds is 4. The summed E-state index contributed by atoms with van der Waals surface area (Å²) in [6, 6.07) is 8.20. The Morgan fingerprint density at radius 2 is 1.96 bits per heavy atom. The molecule has 0 aliphatic carbocycles. The van der Waals surface area contributed by atoms with Gasteiger partial charge in [0.1, 0.15) is 0 Å². The van der Waals surface area contributed by atoms with Crippen LogP contribution in [0.15, 0.2) is 24.3 Å². The van der Waals surface area contributed by atoms with Gasteiger partial charge in [0.25, 0.3) is 5.91 Å². The van der Waals surface area contributed by atoms with Crippen LogP contribution in [0, 0.1) is 6.92 Å². The van der Waals surface area contributed by atoms with Crippen molar-refractivity contribution in [2.45, 2.75) is 59.2 Å². The molecule has 1 amide bonds. The van der Waals surface area contributed by atoms with Gasteiger partial charge in [-0.3, -0.25) is 14.4 Å². The zero-order valence-corrected chi connectivity index (χ0v) is 16.7. The summed E-state index contributed by atoms with van der Waals surface area (Å²) in [5.41, 5.74) is 5.74. The van der Waals surface area contributed by atoms with E-state index in [1.165, 1.54) is 42.9 Å². The van der Waals surface area contributed by atoms with Crippen molar-refractivity contribution in [3.05, 3.63) is 52.3 Å². The third kappa shape index (κ3) is 3.65. The van der Waals surface area contributed by atoms with Gasteiger partial charge in [0.2, 0.25) is 0 Å². The lowest BCUT2D eigenvalue weighted by molar-refractivity contribution is 0.0728. The first-order valence-electron chi connectivity index (χ1n) is 10.2. The molecule has 0 N–H and O–H groups in total. The summed E-state index contributed by atoms with van der Waals surface area (Å²) in [5.74, 6) is 0.127. The summed E-state index contributed by atoms with van der Waals surface area (Å²) < 4.78 is 2.15. The molecule has 2 aliphatic heterocycles. The topological polar surface area (TPSA) is 41.4 Å². The predicted octanol–water partition coefficient (Wildman–Crippen LogP) is 3.57. The maximum absolute atomic E-state index is 13.0. The normalized spacial score (nSPS) is 17.6. The summed E-state index contributed by atoms with van der Waals surface area (Å²) in [5, 5.41) is 4.97. The minimum absolute atomic E-state index is 0.127. The van der Waals surface area contributed by atoms with E-state index >= 15 is 0 Å². The van der Waals surface area contributed by atoms with Crippen LogP contribution in [0.4, 0.5) is 0 Å². The van der Waals surface area contributed by atoms with Crippen LogP contribution in [-0.2, 0) is 19.5 Å². The van der Waals surface area contributed by atoms with Crippen LogP contribution in [-0.4, -0.2) is 45.1 Å². The molecule has 1 aromatic heterocycles. The summed E-state index contributed by atoms with van der Waals surface area (Å²) in [6.45, 7) is 11.1. The Balaban J connectivity index is 1.59. The average molecular weight is 367 g/mol. The van der Waals surface area contributed by atoms with E-state index in [1.807, 2.05) is 36.1 Å². The second-order valence-electron chi connectivity index (χ2n) is 8.24. The molecule has 0 saturated carbocycles. The SMILES string of the molecule is Cc1cccc(C(=O)N2CCc3c(CN4CCCC4)nn(C(C)C)c3C2)c1. The Labute approximate surface area is 162 Å². The molecular formula is C22H30N4O. The van der Waals surface area contributed by atoms with Gasteiger partial charge in [-0.25, -0.2) is 0 Å². The lowest BCUT2D eigenvalue weighted by atomic mass is 10.0. The lowest BCUT2D eigenvalue weighted by Gasteiger charge is -2.29. The van der Waals surface area contributed by atoms with E-state index < -0.39 is 0 Å². The molecular weight excluding hydrogens is 336 g/mol. The molecule has 0 bridgehead atoms. The molecule has 2 aromatic rings. The van der Waals surface area contributed by atoms with Gasteiger partial charge >= 0.3 is 0 Å². The highest BCUT2D eigenvalue weighted by atomic mass is 16.2. The van der Waals surface area contributed by atoms with E-state index in [9.17, 15) is 4.79 Å². The van der Waals surface area contributed by atoms with E-state index in [2.05, 4.69) is 23.4 Å². The first kappa shape index (κ1) is 18.2. The number of nitrogens with zero attached hydrogens (tertiary/aromatic N) is 4. The van der Waals surface area contributed by atoms with E-state index in [4.69, 9.17) is 5.10 Å². The molecule has 27 heavy (non-hydrogen) atoms. The van der Waals surface area contributed by atoms with Crippen LogP contribution in [0.2, 0.25) is 0 Å². The van der Waals surface area contributed by atoms with Gasteiger partial charge in [-0.1, -0.05) is 17.7 Å². The molecule has 5 heteroatoms. The number of hydrogen-bond acceptors (Lipinski definition) is 3. The van der Waals surface area contributed by atoms with Crippen LogP contribution in [0.1, 0.15) is 65.6 Å². The van der Waals surface area contributed by atoms with Gasteiger partial charge < -0.3 is 4.90 Å². The van der Waals surface area contributed by atoms with Gasteiger partial charge in [-0.2, -0.15) is 5.10 Å². The summed E-state index contributed by atoms with van der Waals surface area (Å²) in [7, 11) is 0. The highest BCUT2D eigenvalue weighted by Crippen LogP contribution is 2.27. The number of carbonyl (C=O) groups excluding carboxylic acids is 1. The molecule has 4 rings (SSSR count). The van der Waals surface area contributed by atoms with Crippen molar-refractivity contribution >= 4 is 5.91 Å². The molecule has 5 nitrogen and oxygen atoms in total. The number of amides is 1. The maximum Gasteiger partial charge on any atom is 0.254 e. The molecule has 144 valence electrons. The van der Waals surface area contributed by atoms with Crippen molar-refractivity contribution in [3.63, 3.8) is 0 Å². The second-order valence-corrected chi connectivity index (χ2v) is 8.24. The third-order valence-electron chi connectivity index (χ3n) is 5.79. The van der Waals surface area contributed by atoms with Crippen LogP contribution < -0.4 is 0 Å². The first-order chi connectivity index (χ1) is 13.0. The highest BCUT2D eigenvalue weighted by molar-refractivity contribution is 5.94. The number of hydrogen-bond donors (Lipinski definition) is 0. The molecule has 0 spiro atoms. The molecule has 0 atom stereocenters. The van der Waals surface area contributed by atoms with E-state index in [-0.39, 0.29) is 5.91 Å². The predicted molar refractivity (Wildman–Crippen MR) is 107 cm³/mol. The van der Waals surface area contributed by atoms with E-state index in [1.54, 1.807) is 0 Å². The number of fused-ring (bicyclic) bond motifs is 1. The standard InChI is InChI=1S/C22H30N4O/c1-16(2)26-21-15-25(22(27)18-8-6-7-17(3)13-18)12-9-19(21)20(23-26)14-24-10-4-5-11-24/h6-8,13,16H,4-5,9-12,14-15H2,1-3H3. The number of carbonyl (C=O) groups is 1. The zero-order valence-electron chi connectivity index (χ0n) is 16.7. The first-order valence-corrected chi connectivity index (χ1v) is 10.2. The minimum Gasteiger partial charge on any atom is -0.332 e. The van der Waals surface area contributed by atoms with Crippen molar-refractivity contribution in [1.82, 2.24) is 19.6 Å². The van der Waals surface area contributed by atoms with Crippen molar-refractivity contribution in [3.8, 4) is 0 Å². The molecule has 0 radical (unpaired) electrons. The molecule has 1 fully saturated rings. The second kappa shape index (κ2) is 7.47. The number of aromatic nitrogens is 2. The van der Waals surface area contributed by atoms with Gasteiger partial charge in [-0.15, -0.1) is 0 Å². The largest absolute Gasteiger partial charge is 0.332 e. The Morgan fingerprint density at radius 3 is 2.67 bits per heavy atom. The lowest BCUT2D eigenvalue weighted by Crippen LogP contribution is -2.37. The number of likely N-dealkylation sites (tertiary alicyclic amines) is 1. The summed E-state index contributed by atoms with van der Waals surface area (Å²) in [6.07, 6.45) is 3.50. The fourth-order valence-electron chi connectivity index (χ4n) is 4.36. The smallest absolute Gasteiger partial charge is 0.254 e. The Bertz CT molecular complexity index is 833. The number of benzene rings is 1. The minimum atomic E-state index is 0.127. The average Bonchev–Trinajstić information content (AvgIpc) is 3.29. The van der Waals surface area contributed by atoms with Crippen LogP contribution >= 0.6 is 0 Å². The van der Waals surface area contributed by atoms with Gasteiger partial charge in [-0.05, 0) is 65.3 Å². The van der Waals surface area contributed by atoms with E-state index in [0.29, 0.717) is 12.6 Å². The fraction of sp³-hybridized carbons (Fsp3) is 0.545. The highest BCUT2D eigenvalue weighted by Gasteiger charge is 2.29. The Hall–Kier alpha value is -2.14. The summed E-state index contributed by atoms with van der Waals surface area (Å²) in [4.78, 5) is 17.5. The van der Waals surface area contributed by atoms with E-state index in [0.717, 1.165) is 30.6 Å². The maximum atomic E-state index is 13.0. The zero-order chi connectivity index (χ0) is 19.0. The number of aryl methyl sites for hydroxylation is 1. The van der Waals surface area contributed by atoms with Crippen molar-refractivity contribution in [2.24, 2.45) is 0 Å². The van der Waals surface area contributed by atoms with Crippen molar-refractivity contribution in [1.29, 1.82) is 0 Å². The van der Waals surface area contributed by atoms with Gasteiger partial charge in [0.05, 0.1) is 17.9 Å². The van der Waals surface area contributed by atoms with Crippen LogP contribution in [0.5, 0.6) is 0 Å². The molecule has 1 aromatic carbocycles. The monoisotopic (exact) mass is 366 g/mol. The van der Waals surface area contributed by atoms with Gasteiger partial charge in [0, 0.05) is 30.3 Å². The van der Waals surface area contributed by atoms with Crippen LogP contribution in [0.25, 0.3) is 0 Å². The van der Waals surface area contributed by atoms with Crippen molar-refractivity contribution in [2.75, 3.05) is 19.6 Å². The third-order valence-corrected chi connectivity index (χ3v) is 5.79. The Morgan fingerprint density at radius 1 is 1.19 bits per heavy atom. The summed E-state index contributed by atoms with van der Waals surface area (Å²) >= 11 is 0. The quantitative estimate of drug-likeness (QED) is 0.831. The Kier molecular flexibility index (Phi) is 5.04. The molecule has 0 unspecified atom stereocenters. The van der Waals surface area contributed by atoms with Crippen LogP contribution in [0.3, 0.4) is 0 Å². The fourth-order valence-corrected chi connectivity index (χ4v) is 4.36. The van der Waals surface area contributed by atoms with Crippen molar-refractivity contribution < 1.29 is 4.79 Å².